The van der Waals surface area contributed by atoms with Gasteiger partial charge in [-0.1, -0.05) is 0 Å². The van der Waals surface area contributed by atoms with Gasteiger partial charge in [0.1, 0.15) is 12.7 Å². The summed E-state index contributed by atoms with van der Waals surface area (Å²) in [7, 11) is 0. The topological polar surface area (TPSA) is 74.0 Å². The van der Waals surface area contributed by atoms with E-state index in [0.717, 1.165) is 11.4 Å². The van der Waals surface area contributed by atoms with Crippen molar-refractivity contribution < 1.29 is 9.90 Å². The van der Waals surface area contributed by atoms with Gasteiger partial charge in [-0.15, -0.1) is 0 Å². The Labute approximate surface area is 69.2 Å². The van der Waals surface area contributed by atoms with Crippen molar-refractivity contribution >= 4 is 17.4 Å². The van der Waals surface area contributed by atoms with Crippen molar-refractivity contribution in [3.05, 3.63) is 0 Å². The third kappa shape index (κ3) is 1.12. The molecule has 1 unspecified atom stereocenters. The molecule has 2 aliphatic rings. The van der Waals surface area contributed by atoms with E-state index in [1.54, 1.807) is 0 Å². The maximum atomic E-state index is 10.6. The van der Waals surface area contributed by atoms with Gasteiger partial charge in [0.15, 0.2) is 0 Å². The first-order chi connectivity index (χ1) is 5.77. The molecule has 5 heteroatoms. The van der Waals surface area contributed by atoms with Crippen molar-refractivity contribution in [1.82, 2.24) is 5.32 Å². The molecule has 1 fully saturated rings. The summed E-state index contributed by atoms with van der Waals surface area (Å²) in [5.41, 5.74) is 1.79. The maximum Gasteiger partial charge on any atom is 0.321 e. The highest BCUT2D eigenvalue weighted by atomic mass is 16.4. The van der Waals surface area contributed by atoms with Crippen molar-refractivity contribution in [2.24, 2.45) is 9.98 Å². The van der Waals surface area contributed by atoms with Crippen LogP contribution in [0.15, 0.2) is 9.98 Å². The summed E-state index contributed by atoms with van der Waals surface area (Å²) in [4.78, 5) is 18.8. The largest absolute Gasteiger partial charge is 0.480 e. The van der Waals surface area contributed by atoms with Crippen LogP contribution in [0.4, 0.5) is 0 Å². The SMILES string of the molecule is O=C(O)C1CC2=NCN=C2CN1. The lowest BCUT2D eigenvalue weighted by Crippen LogP contribution is -2.48. The molecule has 0 aromatic carbocycles. The molecule has 0 aromatic rings. The Bertz CT molecular complexity index is 282. The first-order valence-corrected chi connectivity index (χ1v) is 3.80. The van der Waals surface area contributed by atoms with Crippen molar-refractivity contribution in [2.45, 2.75) is 12.5 Å². The Balaban J connectivity index is 2.12. The predicted molar refractivity (Wildman–Crippen MR) is 43.8 cm³/mol. The average Bonchev–Trinajstić information content (AvgIpc) is 2.49. The third-order valence-corrected chi connectivity index (χ3v) is 2.07. The highest BCUT2D eigenvalue weighted by Gasteiger charge is 2.28. The lowest BCUT2D eigenvalue weighted by molar-refractivity contribution is -0.139. The molecule has 2 rings (SSSR count). The molecule has 0 radical (unpaired) electrons. The molecule has 2 heterocycles. The lowest BCUT2D eigenvalue weighted by Gasteiger charge is -2.20. The standard InChI is InChI=1S/C7H9N3O2/c11-7(12)5-1-4-6(2-8-5)10-3-9-4/h5,8H,1-3H2,(H,11,12). The highest BCUT2D eigenvalue weighted by Crippen LogP contribution is 2.08. The van der Waals surface area contributed by atoms with E-state index < -0.39 is 12.0 Å². The second kappa shape index (κ2) is 2.67. The number of rotatable bonds is 1. The van der Waals surface area contributed by atoms with Crippen LogP contribution in [0.25, 0.3) is 0 Å². The molecule has 2 N–H and O–H groups in total. The minimum absolute atomic E-state index is 0.466. The quantitative estimate of drug-likeness (QED) is 0.541. The summed E-state index contributed by atoms with van der Waals surface area (Å²) >= 11 is 0. The van der Waals surface area contributed by atoms with Crippen LogP contribution < -0.4 is 5.32 Å². The fourth-order valence-corrected chi connectivity index (χ4v) is 1.39. The van der Waals surface area contributed by atoms with Crippen LogP contribution in [-0.4, -0.2) is 41.8 Å². The van der Waals surface area contributed by atoms with E-state index in [-0.39, 0.29) is 0 Å². The maximum absolute atomic E-state index is 10.6. The minimum atomic E-state index is -0.816. The van der Waals surface area contributed by atoms with Gasteiger partial charge in [0.05, 0.1) is 11.4 Å². The van der Waals surface area contributed by atoms with Crippen LogP contribution in [0.2, 0.25) is 0 Å². The molecule has 64 valence electrons. The Morgan fingerprint density at radius 1 is 1.50 bits per heavy atom. The number of carboxylic acids is 1. The van der Waals surface area contributed by atoms with E-state index in [9.17, 15) is 4.79 Å². The van der Waals surface area contributed by atoms with Gasteiger partial charge in [0.2, 0.25) is 0 Å². The molecule has 0 aromatic heterocycles. The van der Waals surface area contributed by atoms with Gasteiger partial charge in [-0.25, -0.2) is 0 Å². The average molecular weight is 167 g/mol. The third-order valence-electron chi connectivity index (χ3n) is 2.07. The molecule has 0 spiro atoms. The second-order valence-corrected chi connectivity index (χ2v) is 2.83. The predicted octanol–water partition coefficient (Wildman–Crippen LogP) is -0.714. The van der Waals surface area contributed by atoms with Crippen molar-refractivity contribution in [1.29, 1.82) is 0 Å². The van der Waals surface area contributed by atoms with Gasteiger partial charge in [-0.2, -0.15) is 0 Å². The Morgan fingerprint density at radius 2 is 2.25 bits per heavy atom. The number of aliphatic imine (C=N–C) groups is 2. The summed E-state index contributed by atoms with van der Waals surface area (Å²) in [6, 6.07) is -0.485. The normalized spacial score (nSPS) is 27.5. The zero-order valence-electron chi connectivity index (χ0n) is 6.45. The van der Waals surface area contributed by atoms with Gasteiger partial charge >= 0.3 is 5.97 Å². The molecule has 0 aliphatic carbocycles. The summed E-state index contributed by atoms with van der Waals surface area (Å²) in [6.45, 7) is 1.01. The number of hydrogen-bond donors (Lipinski definition) is 2. The van der Waals surface area contributed by atoms with Crippen LogP contribution >= 0.6 is 0 Å². The molecule has 1 atom stereocenters. The van der Waals surface area contributed by atoms with Crippen LogP contribution in [0.3, 0.4) is 0 Å². The second-order valence-electron chi connectivity index (χ2n) is 2.83. The molecular formula is C7H9N3O2. The van der Waals surface area contributed by atoms with Gasteiger partial charge in [-0.3, -0.25) is 20.1 Å². The molecule has 5 nitrogen and oxygen atoms in total. The molecule has 0 bridgehead atoms. The van der Waals surface area contributed by atoms with E-state index >= 15 is 0 Å². The zero-order chi connectivity index (χ0) is 8.55. The molecule has 0 saturated carbocycles. The number of carboxylic acid groups (broad SMARTS) is 1. The number of fused-ring (bicyclic) bond motifs is 1. The lowest BCUT2D eigenvalue weighted by atomic mass is 10.0. The smallest absolute Gasteiger partial charge is 0.321 e. The van der Waals surface area contributed by atoms with Gasteiger partial charge in [0.25, 0.3) is 0 Å². The number of carbonyl (C=O) groups is 1. The van der Waals surface area contributed by atoms with Gasteiger partial charge in [-0.05, 0) is 0 Å². The number of nitrogens with one attached hydrogen (secondary N) is 1. The summed E-state index contributed by atoms with van der Waals surface area (Å²) < 4.78 is 0. The molecule has 12 heavy (non-hydrogen) atoms. The fraction of sp³-hybridized carbons (Fsp3) is 0.571. The first-order valence-electron chi connectivity index (χ1n) is 3.80. The molecule has 2 aliphatic heterocycles. The Hall–Kier alpha value is -1.23. The van der Waals surface area contributed by atoms with Crippen LogP contribution in [0.5, 0.6) is 0 Å². The van der Waals surface area contributed by atoms with Crippen LogP contribution in [0.1, 0.15) is 6.42 Å². The molecule has 0 amide bonds. The van der Waals surface area contributed by atoms with Crippen molar-refractivity contribution in [3.8, 4) is 0 Å². The zero-order valence-corrected chi connectivity index (χ0v) is 6.45. The Morgan fingerprint density at radius 3 is 3.00 bits per heavy atom. The number of nitrogens with zero attached hydrogens (tertiary/aromatic N) is 2. The molecule has 1 saturated heterocycles. The van der Waals surface area contributed by atoms with Gasteiger partial charge < -0.3 is 5.11 Å². The van der Waals surface area contributed by atoms with Crippen molar-refractivity contribution in [2.75, 3.05) is 13.2 Å². The van der Waals surface area contributed by atoms with E-state index in [1.807, 2.05) is 0 Å². The first kappa shape index (κ1) is 7.42. The van der Waals surface area contributed by atoms with Gasteiger partial charge in [0, 0.05) is 13.0 Å². The number of aliphatic carboxylic acids is 1. The highest BCUT2D eigenvalue weighted by molar-refractivity contribution is 6.45. The summed E-state index contributed by atoms with van der Waals surface area (Å²) in [5, 5.41) is 11.6. The van der Waals surface area contributed by atoms with E-state index in [4.69, 9.17) is 5.11 Å². The van der Waals surface area contributed by atoms with E-state index in [1.165, 1.54) is 0 Å². The summed E-state index contributed by atoms with van der Waals surface area (Å²) in [6.07, 6.45) is 0.466. The molecular weight excluding hydrogens is 158 g/mol. The van der Waals surface area contributed by atoms with Crippen molar-refractivity contribution in [3.63, 3.8) is 0 Å². The van der Waals surface area contributed by atoms with E-state index in [0.29, 0.717) is 19.6 Å². The minimum Gasteiger partial charge on any atom is -0.480 e. The van der Waals surface area contributed by atoms with E-state index in [2.05, 4.69) is 15.3 Å². The summed E-state index contributed by atoms with van der Waals surface area (Å²) in [5.74, 6) is -0.816. The van der Waals surface area contributed by atoms with Crippen LogP contribution in [0, 0.1) is 0 Å². The van der Waals surface area contributed by atoms with Crippen LogP contribution in [-0.2, 0) is 4.79 Å². The fourth-order valence-electron chi connectivity index (χ4n) is 1.39. The number of piperidine rings is 1. The Kier molecular flexibility index (Phi) is 1.65. The monoisotopic (exact) mass is 167 g/mol. The number of hydrogen-bond acceptors (Lipinski definition) is 4.